The van der Waals surface area contributed by atoms with Gasteiger partial charge in [0, 0.05) is 31.2 Å². The first-order valence-corrected chi connectivity index (χ1v) is 8.59. The lowest BCUT2D eigenvalue weighted by molar-refractivity contribution is -0.130. The summed E-state index contributed by atoms with van der Waals surface area (Å²) in [4.78, 5) is 18.5. The van der Waals surface area contributed by atoms with E-state index >= 15 is 0 Å². The number of carbonyl (C=O) groups excluding carboxylic acids is 1. The molecule has 2 saturated heterocycles. The smallest absolute Gasteiger partial charge is 0.265 e. The fourth-order valence-electron chi connectivity index (χ4n) is 2.59. The summed E-state index contributed by atoms with van der Waals surface area (Å²) in [6.07, 6.45) is 2.80. The fourth-order valence-corrected chi connectivity index (χ4v) is 3.24. The molecule has 0 aliphatic carbocycles. The maximum Gasteiger partial charge on any atom is 0.265 e. The van der Waals surface area contributed by atoms with Gasteiger partial charge in [-0.1, -0.05) is 20.8 Å². The summed E-state index contributed by atoms with van der Waals surface area (Å²) in [7, 11) is 0. The maximum atomic E-state index is 12.3. The molecule has 0 bridgehead atoms. The van der Waals surface area contributed by atoms with Crippen LogP contribution in [0, 0.1) is 10.8 Å². The molecule has 0 aromatic rings. The summed E-state index contributed by atoms with van der Waals surface area (Å²) in [6, 6.07) is 0.277. The van der Waals surface area contributed by atoms with Crippen molar-refractivity contribution in [2.75, 3.05) is 19.8 Å². The molecule has 7 heteroatoms. The predicted molar refractivity (Wildman–Crippen MR) is 90.4 cm³/mol. The first-order valence-electron chi connectivity index (χ1n) is 7.77. The van der Waals surface area contributed by atoms with Crippen molar-refractivity contribution in [3.8, 4) is 0 Å². The number of nitrogens with zero attached hydrogens (tertiary/aromatic N) is 2. The molecule has 1 unspecified atom stereocenters. The van der Waals surface area contributed by atoms with Gasteiger partial charge in [-0.05, 0) is 31.0 Å². The van der Waals surface area contributed by atoms with Crippen molar-refractivity contribution in [1.82, 2.24) is 4.90 Å². The normalized spacial score (nSPS) is 24.9. The molecule has 2 fully saturated rings. The van der Waals surface area contributed by atoms with Gasteiger partial charge in [0.05, 0.1) is 11.1 Å². The molecule has 0 radical (unpaired) electrons. The van der Waals surface area contributed by atoms with Crippen molar-refractivity contribution in [3.05, 3.63) is 0 Å². The Balaban J connectivity index is 1.90. The molecule has 2 heterocycles. The standard InChI is InChI=1S/C15H26N4O2S/c1-15(2,3)13(16)22-14(17)18-12(20)11-4-7-19(11)10-5-8-21-9-6-10/h10-11,16H,4-9H2,1-3H3,(H2,17,18,20). The van der Waals surface area contributed by atoms with E-state index in [1.54, 1.807) is 0 Å². The van der Waals surface area contributed by atoms with E-state index in [0.717, 1.165) is 50.8 Å². The minimum Gasteiger partial charge on any atom is -0.381 e. The number of amidine groups is 1. The van der Waals surface area contributed by atoms with E-state index in [1.165, 1.54) is 0 Å². The molecular weight excluding hydrogens is 300 g/mol. The van der Waals surface area contributed by atoms with Crippen molar-refractivity contribution < 1.29 is 9.53 Å². The minimum atomic E-state index is -0.279. The molecule has 0 saturated carbocycles. The Morgan fingerprint density at radius 1 is 1.32 bits per heavy atom. The van der Waals surface area contributed by atoms with Gasteiger partial charge in [-0.15, -0.1) is 0 Å². The summed E-state index contributed by atoms with van der Waals surface area (Å²) >= 11 is 1.08. The second-order valence-corrected chi connectivity index (χ2v) is 7.89. The third kappa shape index (κ3) is 4.30. The van der Waals surface area contributed by atoms with E-state index in [2.05, 4.69) is 9.89 Å². The van der Waals surface area contributed by atoms with E-state index in [-0.39, 0.29) is 22.5 Å². The van der Waals surface area contributed by atoms with Crippen molar-refractivity contribution in [1.29, 1.82) is 5.41 Å². The number of likely N-dealkylation sites (tertiary alicyclic amines) is 1. The van der Waals surface area contributed by atoms with Crippen LogP contribution in [0.1, 0.15) is 40.0 Å². The van der Waals surface area contributed by atoms with Crippen molar-refractivity contribution in [2.45, 2.75) is 52.1 Å². The van der Waals surface area contributed by atoms with Crippen LogP contribution < -0.4 is 5.73 Å². The molecule has 2 aliphatic rings. The van der Waals surface area contributed by atoms with Crippen molar-refractivity contribution >= 4 is 27.9 Å². The van der Waals surface area contributed by atoms with Crippen LogP contribution >= 0.6 is 11.8 Å². The Kier molecular flexibility index (Phi) is 5.63. The molecule has 0 spiro atoms. The number of hydrogen-bond acceptors (Lipinski definition) is 5. The number of amides is 1. The average Bonchev–Trinajstić information content (AvgIpc) is 2.37. The van der Waals surface area contributed by atoms with E-state index in [1.807, 2.05) is 20.8 Å². The summed E-state index contributed by atoms with van der Waals surface area (Å²) in [6.45, 7) is 8.31. The lowest BCUT2D eigenvalue weighted by Crippen LogP contribution is -2.57. The Labute approximate surface area is 136 Å². The summed E-state index contributed by atoms with van der Waals surface area (Å²) in [5.74, 6) is -0.176. The second-order valence-electron chi connectivity index (χ2n) is 6.86. The lowest BCUT2D eigenvalue weighted by atomic mass is 9.95. The van der Waals surface area contributed by atoms with Gasteiger partial charge in [-0.3, -0.25) is 15.1 Å². The number of rotatable bonds is 2. The van der Waals surface area contributed by atoms with E-state index in [9.17, 15) is 4.79 Å². The predicted octanol–water partition coefficient (Wildman–Crippen LogP) is 1.84. The van der Waals surface area contributed by atoms with E-state index < -0.39 is 0 Å². The van der Waals surface area contributed by atoms with Crippen LogP contribution in [0.3, 0.4) is 0 Å². The van der Waals surface area contributed by atoms with Crippen molar-refractivity contribution in [3.63, 3.8) is 0 Å². The Hall–Kier alpha value is -0.920. The zero-order valence-corrected chi connectivity index (χ0v) is 14.4. The topological polar surface area (TPSA) is 91.8 Å². The third-order valence-electron chi connectivity index (χ3n) is 4.11. The Bertz CT molecular complexity index is 467. The van der Waals surface area contributed by atoms with Gasteiger partial charge in [-0.2, -0.15) is 4.99 Å². The molecule has 2 rings (SSSR count). The highest BCUT2D eigenvalue weighted by Crippen LogP contribution is 2.28. The van der Waals surface area contributed by atoms with Crippen LogP contribution in [0.25, 0.3) is 0 Å². The van der Waals surface area contributed by atoms with Gasteiger partial charge in [0.15, 0.2) is 5.17 Å². The van der Waals surface area contributed by atoms with Crippen LogP contribution in [0.5, 0.6) is 0 Å². The zero-order chi connectivity index (χ0) is 16.3. The van der Waals surface area contributed by atoms with Gasteiger partial charge in [0.1, 0.15) is 0 Å². The molecule has 2 aliphatic heterocycles. The van der Waals surface area contributed by atoms with E-state index in [4.69, 9.17) is 15.9 Å². The third-order valence-corrected chi connectivity index (χ3v) is 5.23. The molecule has 6 nitrogen and oxygen atoms in total. The van der Waals surface area contributed by atoms with Crippen LogP contribution in [0.15, 0.2) is 4.99 Å². The maximum absolute atomic E-state index is 12.3. The quantitative estimate of drug-likeness (QED) is 0.597. The molecule has 0 aromatic carbocycles. The molecule has 3 N–H and O–H groups in total. The summed E-state index contributed by atoms with van der Waals surface area (Å²) < 4.78 is 5.37. The van der Waals surface area contributed by atoms with Gasteiger partial charge < -0.3 is 10.5 Å². The largest absolute Gasteiger partial charge is 0.381 e. The number of hydrogen-bond donors (Lipinski definition) is 2. The highest BCUT2D eigenvalue weighted by molar-refractivity contribution is 8.26. The van der Waals surface area contributed by atoms with Crippen molar-refractivity contribution in [2.24, 2.45) is 16.1 Å². The van der Waals surface area contributed by atoms with Crippen LogP contribution in [0.4, 0.5) is 0 Å². The molecule has 1 atom stereocenters. The Morgan fingerprint density at radius 2 is 1.95 bits per heavy atom. The second kappa shape index (κ2) is 7.10. The van der Waals surface area contributed by atoms with Gasteiger partial charge in [0.25, 0.3) is 5.91 Å². The lowest BCUT2D eigenvalue weighted by Gasteiger charge is -2.45. The average molecular weight is 326 g/mol. The molecule has 1 amide bonds. The first kappa shape index (κ1) is 17.4. The molecular formula is C15H26N4O2S. The zero-order valence-electron chi connectivity index (χ0n) is 13.6. The highest BCUT2D eigenvalue weighted by Gasteiger charge is 2.39. The minimum absolute atomic E-state index is 0.147. The van der Waals surface area contributed by atoms with Crippen LogP contribution in [-0.2, 0) is 9.53 Å². The molecule has 0 aromatic heterocycles. The summed E-state index contributed by atoms with van der Waals surface area (Å²) in [5.41, 5.74) is 5.55. The fraction of sp³-hybridized carbons (Fsp3) is 0.800. The number of ether oxygens (including phenoxy) is 1. The highest BCUT2D eigenvalue weighted by atomic mass is 32.2. The van der Waals surface area contributed by atoms with Gasteiger partial charge in [-0.25, -0.2) is 0 Å². The molecule has 124 valence electrons. The van der Waals surface area contributed by atoms with Crippen LogP contribution in [-0.4, -0.2) is 52.9 Å². The number of aliphatic imine (C=N–C) groups is 1. The number of thioether (sulfide) groups is 1. The molecule has 22 heavy (non-hydrogen) atoms. The number of nitrogens with one attached hydrogen (secondary N) is 1. The monoisotopic (exact) mass is 326 g/mol. The van der Waals surface area contributed by atoms with E-state index in [0.29, 0.717) is 11.1 Å². The SMILES string of the molecule is CC(C)(C)C(=N)SC(N)=NC(=O)C1CCN1C1CCOCC1. The van der Waals surface area contributed by atoms with Gasteiger partial charge in [0.2, 0.25) is 0 Å². The summed E-state index contributed by atoms with van der Waals surface area (Å²) in [5, 5.41) is 8.53. The first-order chi connectivity index (χ1) is 10.3. The van der Waals surface area contributed by atoms with Gasteiger partial charge >= 0.3 is 0 Å². The number of carbonyl (C=O) groups is 1. The Morgan fingerprint density at radius 3 is 2.45 bits per heavy atom. The van der Waals surface area contributed by atoms with Crippen LogP contribution in [0.2, 0.25) is 0 Å². The number of nitrogens with two attached hydrogens (primary N) is 1.